The van der Waals surface area contributed by atoms with Crippen LogP contribution in [0.5, 0.6) is 0 Å². The summed E-state index contributed by atoms with van der Waals surface area (Å²) in [4.78, 5) is 2.71. The Labute approximate surface area is 126 Å². The summed E-state index contributed by atoms with van der Waals surface area (Å²) < 4.78 is 0. The molecule has 1 heteroatoms. The predicted octanol–water partition coefficient (Wildman–Crippen LogP) is 5.65. The van der Waals surface area contributed by atoms with Gasteiger partial charge in [0, 0.05) is 17.6 Å². The molecule has 0 bridgehead atoms. The van der Waals surface area contributed by atoms with Crippen molar-refractivity contribution in [1.29, 1.82) is 0 Å². The van der Waals surface area contributed by atoms with Gasteiger partial charge in [0.05, 0.1) is 0 Å². The number of rotatable bonds is 8. The molecular formula is C19H33N. The molecule has 0 saturated heterocycles. The van der Waals surface area contributed by atoms with E-state index in [0.717, 1.165) is 6.54 Å². The summed E-state index contributed by atoms with van der Waals surface area (Å²) in [5, 5.41) is 0. The average molecular weight is 275 g/mol. The van der Waals surface area contributed by atoms with Crippen LogP contribution < -0.4 is 0 Å². The third-order valence-electron chi connectivity index (χ3n) is 4.37. The zero-order valence-electron chi connectivity index (χ0n) is 14.4. The van der Waals surface area contributed by atoms with Gasteiger partial charge in [-0.05, 0) is 46.1 Å². The van der Waals surface area contributed by atoms with Crippen LogP contribution >= 0.6 is 0 Å². The molecule has 20 heavy (non-hydrogen) atoms. The molecule has 0 aromatic heterocycles. The first kappa shape index (κ1) is 17.2. The van der Waals surface area contributed by atoms with Gasteiger partial charge < -0.3 is 0 Å². The van der Waals surface area contributed by atoms with Gasteiger partial charge in [-0.25, -0.2) is 0 Å². The van der Waals surface area contributed by atoms with Crippen LogP contribution in [0.4, 0.5) is 0 Å². The highest BCUT2D eigenvalue weighted by Crippen LogP contribution is 2.33. The molecule has 0 aliphatic rings. The third-order valence-corrected chi connectivity index (χ3v) is 4.37. The van der Waals surface area contributed by atoms with E-state index in [0.29, 0.717) is 0 Å². The molecule has 1 aromatic carbocycles. The Kier molecular flexibility index (Phi) is 6.26. The van der Waals surface area contributed by atoms with Crippen molar-refractivity contribution in [3.8, 4) is 0 Å². The van der Waals surface area contributed by atoms with Gasteiger partial charge in [-0.15, -0.1) is 0 Å². The van der Waals surface area contributed by atoms with Gasteiger partial charge in [0.25, 0.3) is 0 Å². The Morgan fingerprint density at radius 3 is 1.65 bits per heavy atom. The second kappa shape index (κ2) is 7.26. The van der Waals surface area contributed by atoms with Crippen LogP contribution in [0.25, 0.3) is 0 Å². The van der Waals surface area contributed by atoms with Crippen molar-refractivity contribution in [3.63, 3.8) is 0 Å². The van der Waals surface area contributed by atoms with Crippen molar-refractivity contribution in [3.05, 3.63) is 35.9 Å². The van der Waals surface area contributed by atoms with E-state index in [4.69, 9.17) is 0 Å². The monoisotopic (exact) mass is 275 g/mol. The minimum Gasteiger partial charge on any atom is -0.289 e. The van der Waals surface area contributed by atoms with E-state index in [1.54, 1.807) is 0 Å². The lowest BCUT2D eigenvalue weighted by atomic mass is 9.86. The predicted molar refractivity (Wildman–Crippen MR) is 90.0 cm³/mol. The largest absolute Gasteiger partial charge is 0.289 e. The highest BCUT2D eigenvalue weighted by Gasteiger charge is 2.36. The molecule has 0 aliphatic heterocycles. The van der Waals surface area contributed by atoms with Gasteiger partial charge in [-0.1, -0.05) is 57.0 Å². The molecule has 0 N–H and O–H groups in total. The summed E-state index contributed by atoms with van der Waals surface area (Å²) in [6, 6.07) is 10.9. The third kappa shape index (κ3) is 4.63. The van der Waals surface area contributed by atoms with Crippen molar-refractivity contribution in [2.75, 3.05) is 0 Å². The molecule has 0 fully saturated rings. The maximum absolute atomic E-state index is 2.71. The summed E-state index contributed by atoms with van der Waals surface area (Å²) in [5.74, 6) is 0. The van der Waals surface area contributed by atoms with Gasteiger partial charge >= 0.3 is 0 Å². The Morgan fingerprint density at radius 1 is 0.800 bits per heavy atom. The normalized spacial score (nSPS) is 12.9. The fourth-order valence-corrected chi connectivity index (χ4v) is 3.51. The van der Waals surface area contributed by atoms with Crippen LogP contribution in [0, 0.1) is 0 Å². The number of hydrogen-bond acceptors (Lipinski definition) is 1. The highest BCUT2D eigenvalue weighted by molar-refractivity contribution is 5.15. The van der Waals surface area contributed by atoms with Crippen LogP contribution in [-0.2, 0) is 6.54 Å². The van der Waals surface area contributed by atoms with Crippen LogP contribution in [0.1, 0.15) is 72.8 Å². The van der Waals surface area contributed by atoms with E-state index in [9.17, 15) is 0 Å². The minimum absolute atomic E-state index is 0.239. The summed E-state index contributed by atoms with van der Waals surface area (Å²) in [5.41, 5.74) is 1.90. The molecule has 0 atom stereocenters. The first-order valence-corrected chi connectivity index (χ1v) is 8.15. The lowest BCUT2D eigenvalue weighted by Crippen LogP contribution is -2.54. The standard InChI is InChI=1S/C19H33N/c1-7-14-18(3,4)20(19(5,6)15-8-2)16-17-12-10-9-11-13-17/h9-13H,7-8,14-16H2,1-6H3. The molecule has 0 heterocycles. The molecule has 0 amide bonds. The van der Waals surface area contributed by atoms with E-state index in [2.05, 4.69) is 76.8 Å². The van der Waals surface area contributed by atoms with Crippen LogP contribution in [0.15, 0.2) is 30.3 Å². The Bertz CT molecular complexity index is 360. The molecule has 1 aromatic rings. The Hall–Kier alpha value is -0.820. The van der Waals surface area contributed by atoms with Crippen molar-refractivity contribution in [2.45, 2.75) is 84.8 Å². The second-order valence-corrected chi connectivity index (χ2v) is 7.20. The number of nitrogens with zero attached hydrogens (tertiary/aromatic N) is 1. The summed E-state index contributed by atoms with van der Waals surface area (Å²) in [6.45, 7) is 15.2. The van der Waals surface area contributed by atoms with Gasteiger partial charge in [0.2, 0.25) is 0 Å². The van der Waals surface area contributed by atoms with Crippen LogP contribution in [0.2, 0.25) is 0 Å². The van der Waals surface area contributed by atoms with Crippen molar-refractivity contribution in [1.82, 2.24) is 4.90 Å². The first-order chi connectivity index (χ1) is 9.33. The Morgan fingerprint density at radius 2 is 1.25 bits per heavy atom. The van der Waals surface area contributed by atoms with Crippen molar-refractivity contribution >= 4 is 0 Å². The van der Waals surface area contributed by atoms with E-state index < -0.39 is 0 Å². The van der Waals surface area contributed by atoms with E-state index in [1.165, 1.54) is 31.2 Å². The van der Waals surface area contributed by atoms with E-state index in [-0.39, 0.29) is 11.1 Å². The van der Waals surface area contributed by atoms with Crippen LogP contribution in [-0.4, -0.2) is 16.0 Å². The summed E-state index contributed by atoms with van der Waals surface area (Å²) in [7, 11) is 0. The molecule has 0 spiro atoms. The zero-order valence-corrected chi connectivity index (χ0v) is 14.4. The molecule has 0 radical (unpaired) electrons. The minimum atomic E-state index is 0.239. The lowest BCUT2D eigenvalue weighted by Gasteiger charge is -2.49. The molecule has 1 rings (SSSR count). The highest BCUT2D eigenvalue weighted by atomic mass is 15.2. The smallest absolute Gasteiger partial charge is 0.0244 e. The van der Waals surface area contributed by atoms with Crippen molar-refractivity contribution < 1.29 is 0 Å². The lowest BCUT2D eigenvalue weighted by molar-refractivity contribution is -0.00314. The topological polar surface area (TPSA) is 3.24 Å². The maximum Gasteiger partial charge on any atom is 0.0244 e. The Balaban J connectivity index is 3.01. The first-order valence-electron chi connectivity index (χ1n) is 8.15. The van der Waals surface area contributed by atoms with E-state index in [1.807, 2.05) is 0 Å². The summed E-state index contributed by atoms with van der Waals surface area (Å²) in [6.07, 6.45) is 4.96. The maximum atomic E-state index is 2.71. The number of benzene rings is 1. The molecule has 114 valence electrons. The van der Waals surface area contributed by atoms with Gasteiger partial charge in [-0.3, -0.25) is 4.90 Å². The second-order valence-electron chi connectivity index (χ2n) is 7.20. The zero-order chi connectivity index (χ0) is 15.2. The fourth-order valence-electron chi connectivity index (χ4n) is 3.51. The van der Waals surface area contributed by atoms with Gasteiger partial charge in [0.15, 0.2) is 0 Å². The average Bonchev–Trinajstić information content (AvgIpc) is 2.36. The molecule has 0 aliphatic carbocycles. The van der Waals surface area contributed by atoms with Crippen LogP contribution in [0.3, 0.4) is 0 Å². The van der Waals surface area contributed by atoms with Gasteiger partial charge in [0.1, 0.15) is 0 Å². The molecule has 1 nitrogen and oxygen atoms in total. The van der Waals surface area contributed by atoms with Gasteiger partial charge in [-0.2, -0.15) is 0 Å². The molecule has 0 saturated carbocycles. The summed E-state index contributed by atoms with van der Waals surface area (Å²) >= 11 is 0. The van der Waals surface area contributed by atoms with E-state index >= 15 is 0 Å². The molecule has 0 unspecified atom stereocenters. The number of hydrogen-bond donors (Lipinski definition) is 0. The van der Waals surface area contributed by atoms with Crippen molar-refractivity contribution in [2.24, 2.45) is 0 Å². The SMILES string of the molecule is CCCC(C)(C)N(Cc1ccccc1)C(C)(C)CCC. The molecular weight excluding hydrogens is 242 g/mol. The fraction of sp³-hybridized carbons (Fsp3) is 0.684. The quantitative estimate of drug-likeness (QED) is 0.593.